The van der Waals surface area contributed by atoms with Crippen molar-refractivity contribution in [2.75, 3.05) is 39.6 Å². The van der Waals surface area contributed by atoms with E-state index in [4.69, 9.17) is 14.2 Å². The molecule has 0 unspecified atom stereocenters. The van der Waals surface area contributed by atoms with Gasteiger partial charge in [-0.05, 0) is 57.8 Å². The van der Waals surface area contributed by atoms with Crippen LogP contribution in [0.4, 0.5) is 0 Å². The molecule has 3 aliphatic rings. The lowest BCUT2D eigenvalue weighted by molar-refractivity contribution is 0.0967. The summed E-state index contributed by atoms with van der Waals surface area (Å²) in [7, 11) is 0. The first-order valence-corrected chi connectivity index (χ1v) is 17.6. The van der Waals surface area contributed by atoms with Crippen molar-refractivity contribution in [2.45, 2.75) is 188 Å². The molecule has 3 nitrogen and oxygen atoms in total. The van der Waals surface area contributed by atoms with E-state index in [9.17, 15) is 0 Å². The largest absolute Gasteiger partial charge is 0.381 e. The van der Waals surface area contributed by atoms with Gasteiger partial charge in [-0.1, -0.05) is 130 Å². The van der Waals surface area contributed by atoms with Crippen LogP contribution < -0.4 is 0 Å². The average molecular weight is 543 g/mol. The quantitative estimate of drug-likeness (QED) is 0.204. The second kappa shape index (κ2) is 41.4. The fourth-order valence-electron chi connectivity index (χ4n) is 4.48. The first kappa shape index (κ1) is 40.0. The lowest BCUT2D eigenvalue weighted by atomic mass is 10.1. The molecule has 0 radical (unpaired) electrons. The van der Waals surface area contributed by atoms with Crippen LogP contribution in [0.5, 0.6) is 0 Å². The molecule has 0 spiro atoms. The zero-order chi connectivity index (χ0) is 28.0. The first-order valence-electron chi connectivity index (χ1n) is 17.6. The second-order valence-corrected chi connectivity index (χ2v) is 11.3. The summed E-state index contributed by atoms with van der Waals surface area (Å²) in [5.41, 5.74) is 0. The molecule has 0 saturated carbocycles. The maximum Gasteiger partial charge on any atom is 0.0466 e. The highest BCUT2D eigenvalue weighted by atomic mass is 16.5. The van der Waals surface area contributed by atoms with Gasteiger partial charge in [0.25, 0.3) is 0 Å². The van der Waals surface area contributed by atoms with Crippen LogP contribution in [0.1, 0.15) is 188 Å². The lowest BCUT2D eigenvalue weighted by Gasteiger charge is -2.08. The Balaban J connectivity index is 0. The van der Waals surface area contributed by atoms with E-state index in [2.05, 4.69) is 27.7 Å². The molecule has 0 amide bonds. The number of unbranched alkanes of at least 4 members (excludes halogenated alkanes) is 14. The zero-order valence-electron chi connectivity index (χ0n) is 27.1. The molecule has 0 aromatic heterocycles. The summed E-state index contributed by atoms with van der Waals surface area (Å²) in [6.07, 6.45) is 34.7. The zero-order valence-corrected chi connectivity index (χ0v) is 27.1. The predicted molar refractivity (Wildman–Crippen MR) is 171 cm³/mol. The van der Waals surface area contributed by atoms with Gasteiger partial charge in [-0.2, -0.15) is 0 Å². The van der Waals surface area contributed by atoms with Gasteiger partial charge >= 0.3 is 0 Å². The summed E-state index contributed by atoms with van der Waals surface area (Å²) in [5, 5.41) is 0. The van der Waals surface area contributed by atoms with Crippen LogP contribution >= 0.6 is 0 Å². The number of rotatable bonds is 14. The maximum absolute atomic E-state index is 5.07. The third-order valence-corrected chi connectivity index (χ3v) is 7.15. The molecule has 3 heterocycles. The van der Waals surface area contributed by atoms with Crippen molar-refractivity contribution in [3.8, 4) is 0 Å². The van der Waals surface area contributed by atoms with Gasteiger partial charge in [0.15, 0.2) is 0 Å². The Morgan fingerprint density at radius 2 is 0.447 bits per heavy atom. The molecule has 3 aliphatic heterocycles. The molecule has 0 bridgehead atoms. The summed E-state index contributed by atoms with van der Waals surface area (Å²) in [6.45, 7) is 15.1. The third kappa shape index (κ3) is 43.0. The van der Waals surface area contributed by atoms with Gasteiger partial charge in [0.2, 0.25) is 0 Å². The molecule has 0 atom stereocenters. The highest BCUT2D eigenvalue weighted by molar-refractivity contribution is 4.47. The fourth-order valence-corrected chi connectivity index (χ4v) is 4.48. The predicted octanol–water partition coefficient (Wildman–Crippen LogP) is 11.9. The first-order chi connectivity index (χ1) is 18.8. The van der Waals surface area contributed by atoms with E-state index in [1.54, 1.807) is 0 Å². The SMILES string of the molecule is C1CCOCC1.C1CCOCC1.C1CCOCC1.CCCCCCCCCC.CCCCCCCCCC. The van der Waals surface area contributed by atoms with Crippen LogP contribution in [0.15, 0.2) is 0 Å². The third-order valence-electron chi connectivity index (χ3n) is 7.15. The second-order valence-electron chi connectivity index (χ2n) is 11.3. The number of hydrogen-bond acceptors (Lipinski definition) is 3. The topological polar surface area (TPSA) is 27.7 Å². The monoisotopic (exact) mass is 543 g/mol. The van der Waals surface area contributed by atoms with Gasteiger partial charge in [-0.15, -0.1) is 0 Å². The van der Waals surface area contributed by atoms with Crippen LogP contribution in [0.25, 0.3) is 0 Å². The van der Waals surface area contributed by atoms with E-state index >= 15 is 0 Å². The standard InChI is InChI=1S/2C10H22.3C5H10O/c2*1-3-5-7-9-10-8-6-4-2;3*1-2-4-6-5-3-1/h2*3-10H2,1-2H3;3*1-5H2. The molecule has 3 fully saturated rings. The van der Waals surface area contributed by atoms with Crippen LogP contribution in [0.2, 0.25) is 0 Å². The van der Waals surface area contributed by atoms with E-state index in [1.165, 1.54) is 161 Å². The summed E-state index contributed by atoms with van der Waals surface area (Å²) in [6, 6.07) is 0. The Morgan fingerprint density at radius 3 is 0.553 bits per heavy atom. The normalized spacial score (nSPS) is 16.7. The van der Waals surface area contributed by atoms with E-state index in [-0.39, 0.29) is 0 Å². The Morgan fingerprint density at radius 1 is 0.263 bits per heavy atom. The fraction of sp³-hybridized carbons (Fsp3) is 1.00. The van der Waals surface area contributed by atoms with Crippen molar-refractivity contribution in [3.05, 3.63) is 0 Å². The minimum Gasteiger partial charge on any atom is -0.381 e. The molecule has 0 aromatic carbocycles. The van der Waals surface area contributed by atoms with Gasteiger partial charge < -0.3 is 14.2 Å². The molecule has 3 heteroatoms. The van der Waals surface area contributed by atoms with Crippen molar-refractivity contribution < 1.29 is 14.2 Å². The Bertz CT molecular complexity index is 254. The Labute approximate surface area is 241 Å². The molecular formula is C35H74O3. The molecule has 3 rings (SSSR count). The smallest absolute Gasteiger partial charge is 0.0466 e. The number of ether oxygens (including phenoxy) is 3. The van der Waals surface area contributed by atoms with Crippen LogP contribution in [0.3, 0.4) is 0 Å². The van der Waals surface area contributed by atoms with Crippen LogP contribution in [0, 0.1) is 0 Å². The average Bonchev–Trinajstić information content (AvgIpc) is 3.01. The lowest BCUT2D eigenvalue weighted by Crippen LogP contribution is -2.03. The van der Waals surface area contributed by atoms with Crippen molar-refractivity contribution in [1.29, 1.82) is 0 Å². The van der Waals surface area contributed by atoms with Crippen LogP contribution in [-0.4, -0.2) is 39.6 Å². The maximum atomic E-state index is 5.07. The van der Waals surface area contributed by atoms with E-state index < -0.39 is 0 Å². The van der Waals surface area contributed by atoms with Gasteiger partial charge in [-0.3, -0.25) is 0 Å². The minimum atomic E-state index is 1.00. The van der Waals surface area contributed by atoms with Gasteiger partial charge in [0, 0.05) is 39.6 Å². The van der Waals surface area contributed by atoms with Crippen molar-refractivity contribution in [3.63, 3.8) is 0 Å². The molecule has 38 heavy (non-hydrogen) atoms. The van der Waals surface area contributed by atoms with Crippen molar-refractivity contribution >= 4 is 0 Å². The van der Waals surface area contributed by atoms with E-state index in [0.29, 0.717) is 0 Å². The minimum absolute atomic E-state index is 1.00. The molecule has 3 saturated heterocycles. The van der Waals surface area contributed by atoms with Gasteiger partial charge in [-0.25, -0.2) is 0 Å². The highest BCUT2D eigenvalue weighted by Crippen LogP contribution is 2.08. The molecule has 0 aromatic rings. The van der Waals surface area contributed by atoms with E-state index in [0.717, 1.165) is 39.6 Å². The molecule has 0 aliphatic carbocycles. The Kier molecular flexibility index (Phi) is 43.6. The van der Waals surface area contributed by atoms with Gasteiger partial charge in [0.05, 0.1) is 0 Å². The summed E-state index contributed by atoms with van der Waals surface area (Å²) < 4.78 is 15.2. The van der Waals surface area contributed by atoms with E-state index in [1.807, 2.05) is 0 Å². The number of hydrogen-bond donors (Lipinski definition) is 0. The van der Waals surface area contributed by atoms with Crippen LogP contribution in [-0.2, 0) is 14.2 Å². The summed E-state index contributed by atoms with van der Waals surface area (Å²) >= 11 is 0. The Hall–Kier alpha value is -0.120. The summed E-state index contributed by atoms with van der Waals surface area (Å²) in [5.74, 6) is 0. The summed E-state index contributed by atoms with van der Waals surface area (Å²) in [4.78, 5) is 0. The van der Waals surface area contributed by atoms with Crippen molar-refractivity contribution in [2.24, 2.45) is 0 Å². The molecular weight excluding hydrogens is 468 g/mol. The molecule has 0 N–H and O–H groups in total. The van der Waals surface area contributed by atoms with Crippen molar-refractivity contribution in [1.82, 2.24) is 0 Å². The van der Waals surface area contributed by atoms with Gasteiger partial charge in [0.1, 0.15) is 0 Å². The highest BCUT2D eigenvalue weighted by Gasteiger charge is 1.96. The molecule has 232 valence electrons.